The molecule has 1 saturated heterocycles. The van der Waals surface area contributed by atoms with E-state index in [2.05, 4.69) is 9.88 Å². The first-order valence-electron chi connectivity index (χ1n) is 8.10. The van der Waals surface area contributed by atoms with Crippen molar-refractivity contribution in [3.8, 4) is 16.9 Å². The van der Waals surface area contributed by atoms with Crippen LogP contribution in [0.2, 0.25) is 0 Å². The maximum Gasteiger partial charge on any atom is 0.352 e. The lowest BCUT2D eigenvalue weighted by Gasteiger charge is -2.26. The second-order valence-electron chi connectivity index (χ2n) is 5.89. The minimum absolute atomic E-state index is 0.191. The minimum Gasteiger partial charge on any atom is -0.492 e. The normalized spacial score (nSPS) is 15.5. The van der Waals surface area contributed by atoms with Crippen molar-refractivity contribution in [2.45, 2.75) is 19.3 Å². The highest BCUT2D eigenvalue weighted by Crippen LogP contribution is 2.24. The second-order valence-corrected chi connectivity index (χ2v) is 5.89. The first-order valence-corrected chi connectivity index (χ1v) is 8.10. The van der Waals surface area contributed by atoms with E-state index in [9.17, 15) is 4.79 Å². The average molecular weight is 314 g/mol. The molecule has 0 unspecified atom stereocenters. The Morgan fingerprint density at radius 1 is 1.17 bits per heavy atom. The van der Waals surface area contributed by atoms with Crippen molar-refractivity contribution in [1.82, 2.24) is 9.88 Å². The number of hydrogen-bond acceptors (Lipinski definition) is 3. The van der Waals surface area contributed by atoms with Crippen molar-refractivity contribution in [2.24, 2.45) is 0 Å². The van der Waals surface area contributed by atoms with E-state index in [4.69, 9.17) is 9.84 Å². The van der Waals surface area contributed by atoms with Gasteiger partial charge in [-0.15, -0.1) is 0 Å². The van der Waals surface area contributed by atoms with E-state index < -0.39 is 5.97 Å². The van der Waals surface area contributed by atoms with Crippen molar-refractivity contribution < 1.29 is 14.6 Å². The summed E-state index contributed by atoms with van der Waals surface area (Å²) in [6.07, 6.45) is 5.62. The van der Waals surface area contributed by atoms with Gasteiger partial charge in [-0.05, 0) is 49.7 Å². The fourth-order valence-electron chi connectivity index (χ4n) is 2.93. The zero-order valence-electron chi connectivity index (χ0n) is 13.1. The monoisotopic (exact) mass is 314 g/mol. The number of aromatic nitrogens is 1. The van der Waals surface area contributed by atoms with Crippen molar-refractivity contribution >= 4 is 5.97 Å². The molecule has 0 radical (unpaired) electrons. The Morgan fingerprint density at radius 2 is 2.00 bits per heavy atom. The van der Waals surface area contributed by atoms with E-state index in [-0.39, 0.29) is 5.69 Å². The lowest BCUT2D eigenvalue weighted by molar-refractivity contribution is 0.0691. The summed E-state index contributed by atoms with van der Waals surface area (Å²) in [6, 6.07) is 9.40. The van der Waals surface area contributed by atoms with Crippen LogP contribution < -0.4 is 4.74 Å². The van der Waals surface area contributed by atoms with Gasteiger partial charge in [-0.25, -0.2) is 4.79 Å². The fourth-order valence-corrected chi connectivity index (χ4v) is 2.93. The minimum atomic E-state index is -0.954. The highest BCUT2D eigenvalue weighted by Gasteiger charge is 2.10. The number of aromatic amines is 1. The molecule has 2 N–H and O–H groups in total. The lowest BCUT2D eigenvalue weighted by Crippen LogP contribution is -2.33. The van der Waals surface area contributed by atoms with Crippen LogP contribution in [-0.2, 0) is 0 Å². The molecule has 1 aliphatic rings. The van der Waals surface area contributed by atoms with Gasteiger partial charge in [0.25, 0.3) is 0 Å². The summed E-state index contributed by atoms with van der Waals surface area (Å²) >= 11 is 0. The number of carbonyl (C=O) groups is 1. The number of nitrogens with zero attached hydrogens (tertiary/aromatic N) is 1. The lowest BCUT2D eigenvalue weighted by atomic mass is 10.1. The third kappa shape index (κ3) is 4.13. The number of ether oxygens (including phenoxy) is 1. The number of nitrogens with one attached hydrogen (secondary N) is 1. The topological polar surface area (TPSA) is 65.6 Å². The van der Waals surface area contributed by atoms with Crippen molar-refractivity contribution in [2.75, 3.05) is 26.2 Å². The quantitative estimate of drug-likeness (QED) is 0.859. The number of piperidine rings is 1. The van der Waals surface area contributed by atoms with Gasteiger partial charge >= 0.3 is 5.97 Å². The van der Waals surface area contributed by atoms with Gasteiger partial charge in [0.15, 0.2) is 0 Å². The van der Waals surface area contributed by atoms with Crippen LogP contribution in [0.1, 0.15) is 29.8 Å². The summed E-state index contributed by atoms with van der Waals surface area (Å²) in [5.41, 5.74) is 1.99. The van der Waals surface area contributed by atoms with Crippen LogP contribution in [0.4, 0.5) is 0 Å². The summed E-state index contributed by atoms with van der Waals surface area (Å²) < 4.78 is 5.86. The molecule has 122 valence electrons. The summed E-state index contributed by atoms with van der Waals surface area (Å²) in [4.78, 5) is 16.1. The molecule has 1 fully saturated rings. The molecule has 0 spiro atoms. The van der Waals surface area contributed by atoms with E-state index in [1.165, 1.54) is 32.4 Å². The highest BCUT2D eigenvalue weighted by molar-refractivity contribution is 5.87. The van der Waals surface area contributed by atoms with E-state index >= 15 is 0 Å². The first kappa shape index (κ1) is 15.6. The largest absolute Gasteiger partial charge is 0.492 e. The van der Waals surface area contributed by atoms with Crippen LogP contribution in [0.15, 0.2) is 36.5 Å². The van der Waals surface area contributed by atoms with Crippen LogP contribution in [0.5, 0.6) is 5.75 Å². The second kappa shape index (κ2) is 7.33. The van der Waals surface area contributed by atoms with E-state index in [1.54, 1.807) is 12.3 Å². The summed E-state index contributed by atoms with van der Waals surface area (Å²) in [5, 5.41) is 8.98. The Labute approximate surface area is 135 Å². The van der Waals surface area contributed by atoms with Crippen LogP contribution in [0.3, 0.4) is 0 Å². The number of rotatable bonds is 6. The molecule has 5 nitrogen and oxygen atoms in total. The third-order valence-electron chi connectivity index (χ3n) is 4.21. The Balaban J connectivity index is 1.59. The zero-order chi connectivity index (χ0) is 16.1. The van der Waals surface area contributed by atoms with E-state index in [1.807, 2.05) is 24.3 Å². The molecule has 3 rings (SSSR count). The maximum absolute atomic E-state index is 10.9. The van der Waals surface area contributed by atoms with Gasteiger partial charge in [0.1, 0.15) is 18.1 Å². The number of aromatic carboxylic acids is 1. The fraction of sp³-hybridized carbons (Fsp3) is 0.389. The molecular formula is C18H22N2O3. The summed E-state index contributed by atoms with van der Waals surface area (Å²) in [7, 11) is 0. The Hall–Kier alpha value is -2.27. The predicted molar refractivity (Wildman–Crippen MR) is 89.0 cm³/mol. The molecule has 1 aliphatic heterocycles. The van der Waals surface area contributed by atoms with Gasteiger partial charge in [-0.3, -0.25) is 4.90 Å². The van der Waals surface area contributed by atoms with Crippen LogP contribution >= 0.6 is 0 Å². The van der Waals surface area contributed by atoms with Crippen molar-refractivity contribution in [3.05, 3.63) is 42.2 Å². The van der Waals surface area contributed by atoms with E-state index in [0.29, 0.717) is 6.61 Å². The molecule has 0 saturated carbocycles. The van der Waals surface area contributed by atoms with E-state index in [0.717, 1.165) is 23.4 Å². The zero-order valence-corrected chi connectivity index (χ0v) is 13.1. The predicted octanol–water partition coefficient (Wildman–Crippen LogP) is 3.24. The number of H-pyrrole nitrogens is 1. The standard InChI is InChI=1S/C18H22N2O3/c21-18(22)17-12-15(13-19-17)14-5-4-6-16(11-14)23-10-9-20-7-2-1-3-8-20/h4-6,11-13,19H,1-3,7-10H2,(H,21,22). The Kier molecular flexibility index (Phi) is 4.98. The van der Waals surface area contributed by atoms with Gasteiger partial charge < -0.3 is 14.8 Å². The van der Waals surface area contributed by atoms with Gasteiger partial charge in [0.05, 0.1) is 0 Å². The number of hydrogen-bond donors (Lipinski definition) is 2. The van der Waals surface area contributed by atoms with Crippen LogP contribution in [-0.4, -0.2) is 47.2 Å². The van der Waals surface area contributed by atoms with Crippen molar-refractivity contribution in [3.63, 3.8) is 0 Å². The molecule has 5 heteroatoms. The SMILES string of the molecule is O=C(O)c1cc(-c2cccc(OCCN3CCCCC3)c2)c[nH]1. The molecule has 1 aromatic carbocycles. The van der Waals surface area contributed by atoms with Gasteiger partial charge in [0, 0.05) is 18.3 Å². The maximum atomic E-state index is 10.9. The molecule has 23 heavy (non-hydrogen) atoms. The average Bonchev–Trinajstić information content (AvgIpc) is 3.07. The van der Waals surface area contributed by atoms with Gasteiger partial charge in [0.2, 0.25) is 0 Å². The number of carboxylic acids is 1. The number of carboxylic acid groups (broad SMARTS) is 1. The van der Waals surface area contributed by atoms with Gasteiger partial charge in [-0.1, -0.05) is 18.6 Å². The van der Waals surface area contributed by atoms with Crippen molar-refractivity contribution in [1.29, 1.82) is 0 Å². The molecule has 0 atom stereocenters. The molecule has 0 bridgehead atoms. The molecule has 1 aromatic heterocycles. The Morgan fingerprint density at radius 3 is 2.74 bits per heavy atom. The van der Waals surface area contributed by atoms with Crippen LogP contribution in [0.25, 0.3) is 11.1 Å². The Bertz CT molecular complexity index is 660. The molecular weight excluding hydrogens is 292 g/mol. The summed E-state index contributed by atoms with van der Waals surface area (Å²) in [6.45, 7) is 3.98. The number of likely N-dealkylation sites (tertiary alicyclic amines) is 1. The van der Waals surface area contributed by atoms with Crippen LogP contribution in [0, 0.1) is 0 Å². The highest BCUT2D eigenvalue weighted by atomic mass is 16.5. The molecule has 2 aromatic rings. The van der Waals surface area contributed by atoms with Gasteiger partial charge in [-0.2, -0.15) is 0 Å². The third-order valence-corrected chi connectivity index (χ3v) is 4.21. The number of benzene rings is 1. The molecule has 0 aliphatic carbocycles. The molecule has 2 heterocycles. The summed E-state index contributed by atoms with van der Waals surface area (Å²) in [5.74, 6) is -0.136. The molecule has 0 amide bonds. The smallest absolute Gasteiger partial charge is 0.352 e. The first-order chi connectivity index (χ1) is 11.2.